The first-order chi connectivity index (χ1) is 7.15. The van der Waals surface area contributed by atoms with Crippen molar-refractivity contribution in [1.29, 1.82) is 0 Å². The van der Waals surface area contributed by atoms with Crippen LogP contribution in [0.5, 0.6) is 0 Å². The Kier molecular flexibility index (Phi) is 4.52. The van der Waals surface area contributed by atoms with E-state index in [4.69, 9.17) is 10.5 Å². The molecule has 0 aliphatic carbocycles. The standard InChI is InChI=1S/C11H17FN2O/c1-8(15-2)6-14-7-9-4-3-5-10(12)11(9)13/h3-5,8,14H,6-7,13H2,1-2H3. The number of halogens is 1. The van der Waals surface area contributed by atoms with Crippen LogP contribution >= 0.6 is 0 Å². The van der Waals surface area contributed by atoms with E-state index in [2.05, 4.69) is 5.32 Å². The third-order valence-electron chi connectivity index (χ3n) is 2.29. The lowest BCUT2D eigenvalue weighted by molar-refractivity contribution is 0.117. The zero-order valence-corrected chi connectivity index (χ0v) is 9.09. The molecule has 1 aromatic carbocycles. The number of hydrogen-bond donors (Lipinski definition) is 2. The van der Waals surface area contributed by atoms with Crippen molar-refractivity contribution in [2.24, 2.45) is 0 Å². The van der Waals surface area contributed by atoms with E-state index in [1.807, 2.05) is 13.0 Å². The summed E-state index contributed by atoms with van der Waals surface area (Å²) in [6.07, 6.45) is 0.139. The number of nitrogens with two attached hydrogens (primary N) is 1. The molecule has 15 heavy (non-hydrogen) atoms. The van der Waals surface area contributed by atoms with E-state index >= 15 is 0 Å². The largest absolute Gasteiger partial charge is 0.396 e. The van der Waals surface area contributed by atoms with Crippen LogP contribution in [0.3, 0.4) is 0 Å². The number of para-hydroxylation sites is 1. The number of nitrogen functional groups attached to an aromatic ring is 1. The number of rotatable bonds is 5. The first kappa shape index (κ1) is 11.9. The number of ether oxygens (including phenoxy) is 1. The van der Waals surface area contributed by atoms with E-state index in [-0.39, 0.29) is 17.6 Å². The van der Waals surface area contributed by atoms with E-state index in [0.717, 1.165) is 5.56 Å². The molecule has 1 aromatic rings. The molecule has 3 N–H and O–H groups in total. The SMILES string of the molecule is COC(C)CNCc1cccc(F)c1N. The van der Waals surface area contributed by atoms with Crippen LogP contribution in [0.15, 0.2) is 18.2 Å². The third-order valence-corrected chi connectivity index (χ3v) is 2.29. The van der Waals surface area contributed by atoms with Gasteiger partial charge in [-0.3, -0.25) is 0 Å². The molecule has 0 aliphatic rings. The second-order valence-corrected chi connectivity index (χ2v) is 3.49. The molecule has 0 heterocycles. The lowest BCUT2D eigenvalue weighted by atomic mass is 10.1. The van der Waals surface area contributed by atoms with Gasteiger partial charge in [0.25, 0.3) is 0 Å². The van der Waals surface area contributed by atoms with E-state index < -0.39 is 0 Å². The Labute approximate surface area is 89.4 Å². The van der Waals surface area contributed by atoms with Gasteiger partial charge >= 0.3 is 0 Å². The molecule has 1 unspecified atom stereocenters. The molecule has 0 spiro atoms. The lowest BCUT2D eigenvalue weighted by Crippen LogP contribution is -2.25. The first-order valence-corrected chi connectivity index (χ1v) is 4.91. The summed E-state index contributed by atoms with van der Waals surface area (Å²) in [4.78, 5) is 0. The fourth-order valence-electron chi connectivity index (χ4n) is 1.23. The van der Waals surface area contributed by atoms with E-state index in [9.17, 15) is 4.39 Å². The van der Waals surface area contributed by atoms with Gasteiger partial charge in [0.05, 0.1) is 11.8 Å². The van der Waals surface area contributed by atoms with Gasteiger partial charge in [-0.2, -0.15) is 0 Å². The van der Waals surface area contributed by atoms with Gasteiger partial charge in [0, 0.05) is 20.2 Å². The molecular weight excluding hydrogens is 195 g/mol. The normalized spacial score (nSPS) is 12.7. The van der Waals surface area contributed by atoms with Crippen molar-refractivity contribution >= 4 is 5.69 Å². The summed E-state index contributed by atoms with van der Waals surface area (Å²) in [6, 6.07) is 4.82. The van der Waals surface area contributed by atoms with Crippen molar-refractivity contribution in [1.82, 2.24) is 5.32 Å². The lowest BCUT2D eigenvalue weighted by Gasteiger charge is -2.11. The minimum atomic E-state index is -0.367. The summed E-state index contributed by atoms with van der Waals surface area (Å²) in [5.74, 6) is -0.367. The predicted molar refractivity (Wildman–Crippen MR) is 59.0 cm³/mol. The van der Waals surface area contributed by atoms with Crippen molar-refractivity contribution < 1.29 is 9.13 Å². The monoisotopic (exact) mass is 212 g/mol. The van der Waals surface area contributed by atoms with Crippen LogP contribution in [0, 0.1) is 5.82 Å². The van der Waals surface area contributed by atoms with Crippen LogP contribution < -0.4 is 11.1 Å². The highest BCUT2D eigenvalue weighted by molar-refractivity contribution is 5.47. The molecule has 0 saturated heterocycles. The summed E-state index contributed by atoms with van der Waals surface area (Å²) < 4.78 is 18.1. The Morgan fingerprint density at radius 1 is 1.53 bits per heavy atom. The first-order valence-electron chi connectivity index (χ1n) is 4.91. The molecule has 0 aliphatic heterocycles. The maximum absolute atomic E-state index is 13.1. The Morgan fingerprint density at radius 3 is 2.93 bits per heavy atom. The Hall–Kier alpha value is -1.13. The summed E-state index contributed by atoms with van der Waals surface area (Å²) in [5, 5.41) is 3.15. The van der Waals surface area contributed by atoms with Crippen LogP contribution in [0.1, 0.15) is 12.5 Å². The highest BCUT2D eigenvalue weighted by Gasteiger charge is 2.04. The number of nitrogens with one attached hydrogen (secondary N) is 1. The van der Waals surface area contributed by atoms with Crippen LogP contribution in [0.25, 0.3) is 0 Å². The second kappa shape index (κ2) is 5.68. The van der Waals surface area contributed by atoms with Gasteiger partial charge in [-0.15, -0.1) is 0 Å². The van der Waals surface area contributed by atoms with Crippen LogP contribution in [-0.4, -0.2) is 19.8 Å². The summed E-state index contributed by atoms with van der Waals surface area (Å²) in [5.41, 5.74) is 6.58. The molecule has 1 atom stereocenters. The smallest absolute Gasteiger partial charge is 0.146 e. The van der Waals surface area contributed by atoms with Crippen LogP contribution in [0.4, 0.5) is 10.1 Å². The van der Waals surface area contributed by atoms with Crippen molar-refractivity contribution in [2.45, 2.75) is 19.6 Å². The summed E-state index contributed by atoms with van der Waals surface area (Å²) >= 11 is 0. The average Bonchev–Trinajstić information content (AvgIpc) is 2.24. The zero-order valence-electron chi connectivity index (χ0n) is 9.09. The number of benzene rings is 1. The van der Waals surface area contributed by atoms with Gasteiger partial charge in [-0.1, -0.05) is 12.1 Å². The van der Waals surface area contributed by atoms with Gasteiger partial charge in [0.15, 0.2) is 0 Å². The zero-order chi connectivity index (χ0) is 11.3. The number of anilines is 1. The van der Waals surface area contributed by atoms with Gasteiger partial charge in [0.2, 0.25) is 0 Å². The van der Waals surface area contributed by atoms with E-state index in [1.54, 1.807) is 13.2 Å². The molecule has 84 valence electrons. The minimum Gasteiger partial charge on any atom is -0.396 e. The van der Waals surface area contributed by atoms with Gasteiger partial charge in [-0.25, -0.2) is 4.39 Å². The highest BCUT2D eigenvalue weighted by Crippen LogP contribution is 2.15. The van der Waals surface area contributed by atoms with Crippen molar-refractivity contribution in [3.05, 3.63) is 29.6 Å². The highest BCUT2D eigenvalue weighted by atomic mass is 19.1. The number of methoxy groups -OCH3 is 1. The Morgan fingerprint density at radius 2 is 2.27 bits per heavy atom. The number of hydrogen-bond acceptors (Lipinski definition) is 3. The molecule has 0 aromatic heterocycles. The van der Waals surface area contributed by atoms with Gasteiger partial charge < -0.3 is 15.8 Å². The maximum atomic E-state index is 13.1. The molecule has 0 fully saturated rings. The van der Waals surface area contributed by atoms with Crippen molar-refractivity contribution in [2.75, 3.05) is 19.4 Å². The molecule has 3 nitrogen and oxygen atoms in total. The summed E-state index contributed by atoms with van der Waals surface area (Å²) in [7, 11) is 1.66. The Bertz CT molecular complexity index is 317. The average molecular weight is 212 g/mol. The molecule has 4 heteroatoms. The summed E-state index contributed by atoms with van der Waals surface area (Å²) in [6.45, 7) is 3.23. The van der Waals surface area contributed by atoms with E-state index in [0.29, 0.717) is 13.1 Å². The molecule has 0 saturated carbocycles. The van der Waals surface area contributed by atoms with Crippen LogP contribution in [0.2, 0.25) is 0 Å². The maximum Gasteiger partial charge on any atom is 0.146 e. The molecule has 0 amide bonds. The van der Waals surface area contributed by atoms with Crippen molar-refractivity contribution in [3.8, 4) is 0 Å². The fourth-order valence-corrected chi connectivity index (χ4v) is 1.23. The minimum absolute atomic E-state index is 0.139. The fraction of sp³-hybridized carbons (Fsp3) is 0.455. The quantitative estimate of drug-likeness (QED) is 0.728. The molecular formula is C11H17FN2O. The molecule has 0 bridgehead atoms. The third kappa shape index (κ3) is 3.49. The van der Waals surface area contributed by atoms with Crippen LogP contribution in [-0.2, 0) is 11.3 Å². The second-order valence-electron chi connectivity index (χ2n) is 3.49. The van der Waals surface area contributed by atoms with E-state index in [1.165, 1.54) is 6.07 Å². The van der Waals surface area contributed by atoms with Gasteiger partial charge in [0.1, 0.15) is 5.82 Å². The molecule has 0 radical (unpaired) electrons. The topological polar surface area (TPSA) is 47.3 Å². The van der Waals surface area contributed by atoms with Gasteiger partial charge in [-0.05, 0) is 18.6 Å². The van der Waals surface area contributed by atoms with Crippen molar-refractivity contribution in [3.63, 3.8) is 0 Å². The predicted octanol–water partition coefficient (Wildman–Crippen LogP) is 1.53. The Balaban J connectivity index is 2.47. The molecule has 1 rings (SSSR count).